The van der Waals surface area contributed by atoms with E-state index < -0.39 is 34.4 Å². The first-order valence-electron chi connectivity index (χ1n) is 14.7. The lowest BCUT2D eigenvalue weighted by molar-refractivity contribution is -0.179. The molecule has 7 nitrogen and oxygen atoms in total. The average Bonchev–Trinajstić information content (AvgIpc) is 3.57. The maximum atomic E-state index is 12.5. The molecule has 2 spiro atoms. The second kappa shape index (κ2) is 7.99. The van der Waals surface area contributed by atoms with E-state index in [1.54, 1.807) is 6.20 Å². The summed E-state index contributed by atoms with van der Waals surface area (Å²) in [6.45, 7) is 3.90. The van der Waals surface area contributed by atoms with Crippen molar-refractivity contribution in [3.8, 4) is 0 Å². The van der Waals surface area contributed by atoms with Crippen molar-refractivity contribution in [1.82, 2.24) is 9.88 Å². The Morgan fingerprint density at radius 1 is 1.15 bits per heavy atom. The quantitative estimate of drug-likeness (QED) is 0.473. The summed E-state index contributed by atoms with van der Waals surface area (Å²) in [7, 11) is 0. The van der Waals surface area contributed by atoms with Gasteiger partial charge in [-0.15, -0.1) is 0 Å². The molecule has 3 aliphatic carbocycles. The molecule has 2 saturated carbocycles. The van der Waals surface area contributed by atoms with Crippen LogP contribution in [0.3, 0.4) is 0 Å². The van der Waals surface area contributed by atoms with E-state index in [-0.39, 0.29) is 18.0 Å². The SMILES string of the molecule is C[C@]12CC=C3C=C4C[C@H](O)[C@@H](N5CC[C@@H](N)C5)C[C@]45CCC3(O5)[C@@H]1C[C@@H](O)[C@]2(O)c1ccc2ccncc2c1. The van der Waals surface area contributed by atoms with Crippen LogP contribution >= 0.6 is 0 Å². The van der Waals surface area contributed by atoms with E-state index in [9.17, 15) is 15.3 Å². The number of fused-ring (bicyclic) bond motifs is 2. The first kappa shape index (κ1) is 24.6. The molecule has 0 radical (unpaired) electrons. The standard InChI is InChI=1S/C32H39N3O4/c1-29-7-4-21-13-23-14-26(36)25(35-11-6-24(33)18-35)16-30(23)8-9-31(21,39-30)27(29)15-28(37)32(29,38)22-3-2-19-5-10-34-17-20(19)12-22/h2-5,10,12-13,17,24-28,36-38H,6-9,11,14-16,18,33H2,1H3/t24-,25+,26+,27-,28-,29+,30-,31?,32-/m1/s1. The van der Waals surface area contributed by atoms with E-state index in [4.69, 9.17) is 10.5 Å². The molecule has 8 rings (SSSR count). The normalized spacial score (nSPS) is 46.9. The van der Waals surface area contributed by atoms with Gasteiger partial charge in [-0.3, -0.25) is 9.88 Å². The van der Waals surface area contributed by atoms with Crippen LogP contribution in [0.4, 0.5) is 0 Å². The highest BCUT2D eigenvalue weighted by Crippen LogP contribution is 2.70. The second-order valence-electron chi connectivity index (χ2n) is 13.5. The van der Waals surface area contributed by atoms with E-state index in [2.05, 4.69) is 29.0 Å². The summed E-state index contributed by atoms with van der Waals surface area (Å²) >= 11 is 0. The van der Waals surface area contributed by atoms with Crippen LogP contribution < -0.4 is 5.73 Å². The van der Waals surface area contributed by atoms with E-state index in [0.29, 0.717) is 19.3 Å². The number of allylic oxidation sites excluding steroid dienone is 1. The molecule has 5 N–H and O–H groups in total. The summed E-state index contributed by atoms with van der Waals surface area (Å²) in [6, 6.07) is 8.18. The van der Waals surface area contributed by atoms with Gasteiger partial charge in [-0.05, 0) is 79.2 Å². The van der Waals surface area contributed by atoms with Crippen LogP contribution in [0, 0.1) is 11.3 Å². The fraction of sp³-hybridized carbons (Fsp3) is 0.594. The topological polar surface area (TPSA) is 112 Å². The molecule has 2 bridgehead atoms. The third-order valence-electron chi connectivity index (χ3n) is 11.8. The van der Waals surface area contributed by atoms with Gasteiger partial charge in [0.25, 0.3) is 0 Å². The molecule has 1 unspecified atom stereocenters. The third kappa shape index (κ3) is 3.06. The molecule has 206 valence electrons. The number of aliphatic hydroxyl groups excluding tert-OH is 2. The van der Waals surface area contributed by atoms with E-state index in [1.165, 1.54) is 11.1 Å². The summed E-state index contributed by atoms with van der Waals surface area (Å²) in [5, 5.41) is 37.4. The van der Waals surface area contributed by atoms with Crippen LogP contribution in [0.2, 0.25) is 0 Å². The maximum Gasteiger partial charge on any atom is 0.121 e. The number of rotatable bonds is 2. The predicted octanol–water partition coefficient (Wildman–Crippen LogP) is 2.92. The van der Waals surface area contributed by atoms with Crippen molar-refractivity contribution in [1.29, 1.82) is 0 Å². The predicted molar refractivity (Wildman–Crippen MR) is 148 cm³/mol. The maximum absolute atomic E-state index is 12.5. The Labute approximate surface area is 229 Å². The first-order chi connectivity index (χ1) is 18.7. The Kier molecular flexibility index (Phi) is 5.05. The van der Waals surface area contributed by atoms with Gasteiger partial charge < -0.3 is 25.8 Å². The zero-order valence-corrected chi connectivity index (χ0v) is 22.6. The van der Waals surface area contributed by atoms with Crippen molar-refractivity contribution < 1.29 is 20.1 Å². The van der Waals surface area contributed by atoms with Crippen molar-refractivity contribution in [3.05, 3.63) is 65.5 Å². The number of nitrogens with two attached hydrogens (primary N) is 1. The Morgan fingerprint density at radius 3 is 2.85 bits per heavy atom. The third-order valence-corrected chi connectivity index (χ3v) is 11.8. The monoisotopic (exact) mass is 529 g/mol. The van der Waals surface area contributed by atoms with Crippen molar-refractivity contribution in [2.24, 2.45) is 17.1 Å². The zero-order chi connectivity index (χ0) is 26.8. The lowest BCUT2D eigenvalue weighted by atomic mass is 9.56. The van der Waals surface area contributed by atoms with E-state index in [1.807, 2.05) is 30.5 Å². The lowest BCUT2D eigenvalue weighted by Crippen LogP contribution is -2.59. The molecule has 1 aromatic heterocycles. The molecular formula is C32H39N3O4. The summed E-state index contributed by atoms with van der Waals surface area (Å²) in [4.78, 5) is 6.65. The summed E-state index contributed by atoms with van der Waals surface area (Å²) in [5.74, 6) is -0.0303. The number of hydrogen-bond acceptors (Lipinski definition) is 7. The summed E-state index contributed by atoms with van der Waals surface area (Å²) in [6.07, 6.45) is 12.1. The highest BCUT2D eigenvalue weighted by atomic mass is 16.5. The average molecular weight is 530 g/mol. The van der Waals surface area contributed by atoms with Gasteiger partial charge in [0.05, 0.1) is 23.4 Å². The number of aromatic nitrogens is 1. The van der Waals surface area contributed by atoms with E-state index in [0.717, 1.165) is 55.1 Å². The highest BCUT2D eigenvalue weighted by Gasteiger charge is 2.73. The summed E-state index contributed by atoms with van der Waals surface area (Å²) in [5.41, 5.74) is 6.45. The van der Waals surface area contributed by atoms with Gasteiger partial charge >= 0.3 is 0 Å². The van der Waals surface area contributed by atoms with Crippen molar-refractivity contribution in [2.75, 3.05) is 13.1 Å². The molecule has 9 atom stereocenters. The van der Waals surface area contributed by atoms with Crippen LogP contribution in [-0.4, -0.2) is 73.8 Å². The number of likely N-dealkylation sites (tertiary alicyclic amines) is 1. The van der Waals surface area contributed by atoms with Crippen LogP contribution in [0.15, 0.2) is 60.0 Å². The van der Waals surface area contributed by atoms with Crippen molar-refractivity contribution >= 4 is 10.8 Å². The molecule has 4 heterocycles. The highest BCUT2D eigenvalue weighted by molar-refractivity contribution is 5.82. The number of aliphatic hydroxyl groups is 3. The van der Waals surface area contributed by atoms with E-state index >= 15 is 0 Å². The molecule has 4 fully saturated rings. The van der Waals surface area contributed by atoms with Crippen LogP contribution in [-0.2, 0) is 10.3 Å². The van der Waals surface area contributed by atoms with Gasteiger partial charge in [0.15, 0.2) is 0 Å². The molecule has 7 heteroatoms. The second-order valence-corrected chi connectivity index (χ2v) is 13.5. The smallest absolute Gasteiger partial charge is 0.121 e. The molecule has 6 aliphatic rings. The zero-order valence-electron chi connectivity index (χ0n) is 22.6. The molecule has 1 aromatic carbocycles. The van der Waals surface area contributed by atoms with Gasteiger partial charge in [0.1, 0.15) is 5.60 Å². The molecular weight excluding hydrogens is 490 g/mol. The van der Waals surface area contributed by atoms with Crippen LogP contribution in [0.25, 0.3) is 10.8 Å². The fourth-order valence-corrected chi connectivity index (χ4v) is 9.70. The Bertz CT molecular complexity index is 1430. The number of pyridine rings is 1. The molecule has 3 aliphatic heterocycles. The van der Waals surface area contributed by atoms with Crippen molar-refractivity contribution in [2.45, 2.75) is 93.0 Å². The minimum atomic E-state index is -1.40. The van der Waals surface area contributed by atoms with Gasteiger partial charge in [0, 0.05) is 54.3 Å². The number of hydrogen-bond donors (Lipinski definition) is 4. The Morgan fingerprint density at radius 2 is 2.03 bits per heavy atom. The largest absolute Gasteiger partial charge is 0.391 e. The van der Waals surface area contributed by atoms with Gasteiger partial charge in [-0.25, -0.2) is 0 Å². The van der Waals surface area contributed by atoms with Gasteiger partial charge in [0.2, 0.25) is 0 Å². The van der Waals surface area contributed by atoms with Gasteiger partial charge in [-0.1, -0.05) is 31.2 Å². The Balaban J connectivity index is 1.19. The minimum absolute atomic E-state index is 0.0303. The number of nitrogens with zero attached hydrogens (tertiary/aromatic N) is 2. The number of ether oxygens (including phenoxy) is 1. The Hall–Kier alpha value is -2.13. The number of benzene rings is 1. The molecule has 2 aromatic rings. The molecule has 2 saturated heterocycles. The van der Waals surface area contributed by atoms with Gasteiger partial charge in [-0.2, -0.15) is 0 Å². The van der Waals surface area contributed by atoms with Crippen molar-refractivity contribution in [3.63, 3.8) is 0 Å². The molecule has 39 heavy (non-hydrogen) atoms. The van der Waals surface area contributed by atoms with Crippen LogP contribution in [0.5, 0.6) is 0 Å². The van der Waals surface area contributed by atoms with Crippen LogP contribution in [0.1, 0.15) is 57.4 Å². The lowest BCUT2D eigenvalue weighted by Gasteiger charge is -2.56. The fourth-order valence-electron chi connectivity index (χ4n) is 9.70. The molecule has 0 amide bonds. The minimum Gasteiger partial charge on any atom is -0.391 e. The first-order valence-corrected chi connectivity index (χ1v) is 14.7. The summed E-state index contributed by atoms with van der Waals surface area (Å²) < 4.78 is 7.33.